The summed E-state index contributed by atoms with van der Waals surface area (Å²) < 4.78 is 0. The summed E-state index contributed by atoms with van der Waals surface area (Å²) in [5, 5.41) is 18.3. The Morgan fingerprint density at radius 1 is 0.800 bits per heavy atom. The smallest absolute Gasteiger partial charge is 0.335 e. The number of hydrogen-bond donors (Lipinski definition) is 4. The first-order valence-corrected chi connectivity index (χ1v) is 9.48. The fourth-order valence-corrected chi connectivity index (χ4v) is 2.42. The number of hydrogen-bond acceptors (Lipinski definition) is 6. The van der Waals surface area contributed by atoms with E-state index in [4.69, 9.17) is 19.9 Å². The highest BCUT2D eigenvalue weighted by molar-refractivity contribution is 5.99. The molecular weight excluding hydrogens is 396 g/mol. The van der Waals surface area contributed by atoms with Crippen LogP contribution in [0, 0.1) is 11.8 Å². The van der Waals surface area contributed by atoms with Crippen LogP contribution < -0.4 is 11.0 Å². The molecular formula is C20H28N2O8. The standard InChI is InChI=1S/C20H28N2O8/c1-11(2)8-15(19(25)26)29-21-17(23)13-6-5-7-14(10-13)18(24)22-30-16(20(27)28)9-12(3)4/h5-7,10-12,15-16H,8-9H2,1-4H3,(H,21,23)(H,22,24)(H,25,26)(H,27,28)/t15-,16-/m1/s1. The minimum absolute atomic E-state index is 0.0420. The van der Waals surface area contributed by atoms with Crippen molar-refractivity contribution in [1.82, 2.24) is 11.0 Å². The third-order valence-electron chi connectivity index (χ3n) is 3.90. The molecule has 0 bridgehead atoms. The summed E-state index contributed by atoms with van der Waals surface area (Å²) in [6.07, 6.45) is -2.00. The van der Waals surface area contributed by atoms with Gasteiger partial charge in [-0.15, -0.1) is 0 Å². The number of rotatable bonds is 12. The van der Waals surface area contributed by atoms with Crippen LogP contribution in [0.3, 0.4) is 0 Å². The van der Waals surface area contributed by atoms with Crippen LogP contribution in [0.15, 0.2) is 24.3 Å². The van der Waals surface area contributed by atoms with Crippen molar-refractivity contribution in [2.45, 2.75) is 52.7 Å². The van der Waals surface area contributed by atoms with Crippen LogP contribution in [0.2, 0.25) is 0 Å². The fraction of sp³-hybridized carbons (Fsp3) is 0.500. The number of nitrogens with one attached hydrogen (secondary N) is 2. The second-order valence-corrected chi connectivity index (χ2v) is 7.59. The highest BCUT2D eigenvalue weighted by atomic mass is 16.7. The van der Waals surface area contributed by atoms with Gasteiger partial charge in [0.15, 0.2) is 12.2 Å². The summed E-state index contributed by atoms with van der Waals surface area (Å²) in [5.74, 6) is -3.79. The van der Waals surface area contributed by atoms with Gasteiger partial charge in [0.25, 0.3) is 11.8 Å². The van der Waals surface area contributed by atoms with Crippen molar-refractivity contribution in [3.05, 3.63) is 35.4 Å². The van der Waals surface area contributed by atoms with Crippen LogP contribution in [-0.2, 0) is 19.3 Å². The normalized spacial score (nSPS) is 13.0. The molecule has 10 heteroatoms. The van der Waals surface area contributed by atoms with E-state index in [1.807, 2.05) is 27.7 Å². The second kappa shape index (κ2) is 11.9. The number of carboxylic acids is 2. The molecule has 0 unspecified atom stereocenters. The van der Waals surface area contributed by atoms with Gasteiger partial charge in [-0.1, -0.05) is 33.8 Å². The van der Waals surface area contributed by atoms with Gasteiger partial charge in [0.05, 0.1) is 0 Å². The monoisotopic (exact) mass is 424 g/mol. The molecule has 0 aromatic heterocycles. The number of carbonyl (C=O) groups excluding carboxylic acids is 2. The summed E-state index contributed by atoms with van der Waals surface area (Å²) in [6.45, 7) is 7.28. The Hall–Kier alpha value is -2.98. The van der Waals surface area contributed by atoms with Crippen molar-refractivity contribution in [2.75, 3.05) is 0 Å². The molecule has 10 nitrogen and oxygen atoms in total. The van der Waals surface area contributed by atoms with Gasteiger partial charge < -0.3 is 10.2 Å². The van der Waals surface area contributed by atoms with Crippen LogP contribution >= 0.6 is 0 Å². The van der Waals surface area contributed by atoms with Crippen molar-refractivity contribution in [3.8, 4) is 0 Å². The number of carboxylic acid groups (broad SMARTS) is 2. The topological polar surface area (TPSA) is 151 Å². The Kier molecular flexibility index (Phi) is 9.93. The molecule has 30 heavy (non-hydrogen) atoms. The predicted octanol–water partition coefficient (Wildman–Crippen LogP) is 2.01. The predicted molar refractivity (Wildman–Crippen MR) is 105 cm³/mol. The number of benzene rings is 1. The van der Waals surface area contributed by atoms with E-state index in [1.54, 1.807) is 0 Å². The SMILES string of the molecule is CC(C)C[C@@H](ONC(=O)c1cccc(C(=O)NO[C@H](CC(C)C)C(=O)O)c1)C(=O)O. The lowest BCUT2D eigenvalue weighted by Gasteiger charge is -2.16. The summed E-state index contributed by atoms with van der Waals surface area (Å²) in [4.78, 5) is 56.8. The average molecular weight is 424 g/mol. The maximum atomic E-state index is 12.2. The van der Waals surface area contributed by atoms with E-state index in [9.17, 15) is 19.2 Å². The van der Waals surface area contributed by atoms with Crippen molar-refractivity contribution >= 4 is 23.8 Å². The molecule has 0 fully saturated rings. The van der Waals surface area contributed by atoms with Gasteiger partial charge in [0.2, 0.25) is 0 Å². The van der Waals surface area contributed by atoms with E-state index >= 15 is 0 Å². The molecule has 1 aromatic rings. The summed E-state index contributed by atoms with van der Waals surface area (Å²) >= 11 is 0. The molecule has 0 aliphatic rings. The lowest BCUT2D eigenvalue weighted by atomic mass is 10.1. The van der Waals surface area contributed by atoms with Gasteiger partial charge >= 0.3 is 11.9 Å². The minimum atomic E-state index is -1.21. The summed E-state index contributed by atoms with van der Waals surface area (Å²) in [7, 11) is 0. The van der Waals surface area contributed by atoms with Gasteiger partial charge in [0.1, 0.15) is 0 Å². The van der Waals surface area contributed by atoms with Crippen molar-refractivity contribution in [2.24, 2.45) is 11.8 Å². The first-order valence-electron chi connectivity index (χ1n) is 9.48. The molecule has 2 amide bonds. The molecule has 0 aliphatic heterocycles. The van der Waals surface area contributed by atoms with Gasteiger partial charge in [-0.3, -0.25) is 19.3 Å². The molecule has 4 N–H and O–H groups in total. The van der Waals surface area contributed by atoms with Crippen molar-refractivity contribution in [3.63, 3.8) is 0 Å². The zero-order valence-electron chi connectivity index (χ0n) is 17.4. The third-order valence-corrected chi connectivity index (χ3v) is 3.90. The van der Waals surface area contributed by atoms with E-state index in [1.165, 1.54) is 24.3 Å². The first-order chi connectivity index (χ1) is 14.0. The zero-order valence-corrected chi connectivity index (χ0v) is 17.4. The maximum absolute atomic E-state index is 12.2. The van der Waals surface area contributed by atoms with Gasteiger partial charge in [0, 0.05) is 11.1 Å². The Morgan fingerprint density at radius 2 is 1.17 bits per heavy atom. The minimum Gasteiger partial charge on any atom is -0.479 e. The fourth-order valence-electron chi connectivity index (χ4n) is 2.42. The molecule has 0 heterocycles. The van der Waals surface area contributed by atoms with Crippen LogP contribution in [0.5, 0.6) is 0 Å². The molecule has 2 atom stereocenters. The van der Waals surface area contributed by atoms with Gasteiger partial charge in [-0.2, -0.15) is 0 Å². The number of carbonyl (C=O) groups is 4. The van der Waals surface area contributed by atoms with Crippen molar-refractivity contribution in [1.29, 1.82) is 0 Å². The van der Waals surface area contributed by atoms with E-state index in [2.05, 4.69) is 11.0 Å². The van der Waals surface area contributed by atoms with Gasteiger partial charge in [-0.05, 0) is 42.9 Å². The quantitative estimate of drug-likeness (QED) is 0.372. The summed E-state index contributed by atoms with van der Waals surface area (Å²) in [5.41, 5.74) is 4.26. The highest BCUT2D eigenvalue weighted by Gasteiger charge is 2.23. The van der Waals surface area contributed by atoms with E-state index in [0.717, 1.165) is 0 Å². The summed E-state index contributed by atoms with van der Waals surface area (Å²) in [6, 6.07) is 5.50. The van der Waals surface area contributed by atoms with Crippen LogP contribution in [0.4, 0.5) is 0 Å². The van der Waals surface area contributed by atoms with Gasteiger partial charge in [-0.25, -0.2) is 20.5 Å². The lowest BCUT2D eigenvalue weighted by Crippen LogP contribution is -2.36. The van der Waals surface area contributed by atoms with Crippen LogP contribution in [-0.4, -0.2) is 46.2 Å². The molecule has 0 saturated carbocycles. The number of aliphatic carboxylic acids is 2. The Balaban J connectivity index is 2.74. The lowest BCUT2D eigenvalue weighted by molar-refractivity contribution is -0.156. The Labute approximate surface area is 174 Å². The average Bonchev–Trinajstić information content (AvgIpc) is 2.66. The molecule has 166 valence electrons. The molecule has 1 aromatic carbocycles. The van der Waals surface area contributed by atoms with Crippen molar-refractivity contribution < 1.29 is 39.1 Å². The highest BCUT2D eigenvalue weighted by Crippen LogP contribution is 2.11. The first kappa shape index (κ1) is 25.1. The van der Waals surface area contributed by atoms with E-state index < -0.39 is 36.0 Å². The number of hydroxylamine groups is 2. The Bertz CT molecular complexity index is 704. The third kappa shape index (κ3) is 8.58. The number of amides is 2. The molecule has 0 radical (unpaired) electrons. The molecule has 0 saturated heterocycles. The molecule has 0 spiro atoms. The van der Waals surface area contributed by atoms with Crippen LogP contribution in [0.25, 0.3) is 0 Å². The molecule has 1 rings (SSSR count). The van der Waals surface area contributed by atoms with Crippen LogP contribution in [0.1, 0.15) is 61.3 Å². The second-order valence-electron chi connectivity index (χ2n) is 7.59. The van der Waals surface area contributed by atoms with E-state index in [-0.39, 0.29) is 35.8 Å². The largest absolute Gasteiger partial charge is 0.479 e. The zero-order chi connectivity index (χ0) is 22.8. The molecule has 0 aliphatic carbocycles. The van der Waals surface area contributed by atoms with E-state index in [0.29, 0.717) is 0 Å². The Morgan fingerprint density at radius 3 is 1.47 bits per heavy atom. The maximum Gasteiger partial charge on any atom is 0.335 e.